The lowest BCUT2D eigenvalue weighted by Gasteiger charge is -2.12. The molecular weight excluding hydrogens is 324 g/mol. The summed E-state index contributed by atoms with van der Waals surface area (Å²) in [6.45, 7) is 6.05. The Morgan fingerprint density at radius 1 is 0.885 bits per heavy atom. The monoisotopic (exact) mass is 344 g/mol. The highest BCUT2D eigenvalue weighted by molar-refractivity contribution is 5.86. The average molecular weight is 344 g/mol. The van der Waals surface area contributed by atoms with Crippen LogP contribution >= 0.6 is 0 Å². The Morgan fingerprint density at radius 3 is 2.42 bits per heavy atom. The van der Waals surface area contributed by atoms with Crippen LogP contribution in [0.5, 0.6) is 5.75 Å². The first-order valence-electron chi connectivity index (χ1n) is 8.71. The molecule has 4 nitrogen and oxygen atoms in total. The smallest absolute Gasteiger partial charge is 0.258 e. The van der Waals surface area contributed by atoms with Crippen LogP contribution in [0.15, 0.2) is 65.2 Å². The molecule has 4 rings (SSSR count). The van der Waals surface area contributed by atoms with E-state index in [1.807, 2.05) is 57.2 Å². The molecule has 4 aromatic rings. The van der Waals surface area contributed by atoms with Gasteiger partial charge in [-0.15, -0.1) is 0 Å². The van der Waals surface area contributed by atoms with Gasteiger partial charge in [0, 0.05) is 11.1 Å². The van der Waals surface area contributed by atoms with Crippen LogP contribution in [0.1, 0.15) is 19.4 Å². The van der Waals surface area contributed by atoms with Gasteiger partial charge in [-0.2, -0.15) is 4.98 Å². The quantitative estimate of drug-likeness (QED) is 0.480. The van der Waals surface area contributed by atoms with Crippen molar-refractivity contribution in [3.63, 3.8) is 0 Å². The third-order valence-corrected chi connectivity index (χ3v) is 4.22. The van der Waals surface area contributed by atoms with Crippen molar-refractivity contribution in [1.29, 1.82) is 0 Å². The first kappa shape index (κ1) is 16.3. The lowest BCUT2D eigenvalue weighted by molar-refractivity contribution is 0.241. The van der Waals surface area contributed by atoms with Crippen molar-refractivity contribution in [3.8, 4) is 28.6 Å². The van der Waals surface area contributed by atoms with Crippen molar-refractivity contribution in [3.05, 3.63) is 66.2 Å². The van der Waals surface area contributed by atoms with Gasteiger partial charge in [-0.1, -0.05) is 35.5 Å². The number of hydrogen-bond donors (Lipinski definition) is 0. The maximum Gasteiger partial charge on any atom is 0.258 e. The van der Waals surface area contributed by atoms with Crippen molar-refractivity contribution < 1.29 is 9.26 Å². The summed E-state index contributed by atoms with van der Waals surface area (Å²) >= 11 is 0. The molecule has 0 fully saturated rings. The lowest BCUT2D eigenvalue weighted by Crippen LogP contribution is -2.06. The van der Waals surface area contributed by atoms with E-state index in [1.54, 1.807) is 0 Å². The fourth-order valence-electron chi connectivity index (χ4n) is 2.95. The molecule has 26 heavy (non-hydrogen) atoms. The molecule has 0 aliphatic carbocycles. The maximum absolute atomic E-state index is 5.79. The van der Waals surface area contributed by atoms with E-state index >= 15 is 0 Å². The first-order valence-corrected chi connectivity index (χ1v) is 8.71. The molecule has 3 aromatic carbocycles. The van der Waals surface area contributed by atoms with Crippen LogP contribution in [0.3, 0.4) is 0 Å². The summed E-state index contributed by atoms with van der Waals surface area (Å²) in [6, 6.07) is 20.3. The fraction of sp³-hybridized carbons (Fsp3) is 0.182. The molecule has 4 heteroatoms. The highest BCUT2D eigenvalue weighted by atomic mass is 16.5. The summed E-state index contributed by atoms with van der Waals surface area (Å²) in [5.41, 5.74) is 2.88. The van der Waals surface area contributed by atoms with Crippen LogP contribution in [0.4, 0.5) is 0 Å². The van der Waals surface area contributed by atoms with E-state index in [2.05, 4.69) is 34.4 Å². The van der Waals surface area contributed by atoms with Gasteiger partial charge in [0.1, 0.15) is 5.75 Å². The largest absolute Gasteiger partial charge is 0.491 e. The van der Waals surface area contributed by atoms with E-state index < -0.39 is 0 Å². The summed E-state index contributed by atoms with van der Waals surface area (Å²) in [4.78, 5) is 4.57. The Morgan fingerprint density at radius 2 is 1.65 bits per heavy atom. The molecule has 0 saturated carbocycles. The third kappa shape index (κ3) is 3.18. The number of nitrogens with zero attached hydrogens (tertiary/aromatic N) is 2. The van der Waals surface area contributed by atoms with E-state index in [-0.39, 0.29) is 6.10 Å². The van der Waals surface area contributed by atoms with Crippen LogP contribution in [0, 0.1) is 6.92 Å². The number of ether oxygens (including phenoxy) is 1. The molecule has 0 amide bonds. The number of rotatable bonds is 4. The summed E-state index contributed by atoms with van der Waals surface area (Å²) in [7, 11) is 0. The van der Waals surface area contributed by atoms with Gasteiger partial charge in [0.25, 0.3) is 5.89 Å². The van der Waals surface area contributed by atoms with Crippen LogP contribution in [-0.2, 0) is 0 Å². The summed E-state index contributed by atoms with van der Waals surface area (Å²) < 4.78 is 11.3. The van der Waals surface area contributed by atoms with Crippen LogP contribution in [0.2, 0.25) is 0 Å². The molecule has 1 aromatic heterocycles. The van der Waals surface area contributed by atoms with E-state index in [0.717, 1.165) is 27.8 Å². The third-order valence-electron chi connectivity index (χ3n) is 4.22. The minimum absolute atomic E-state index is 0.143. The summed E-state index contributed by atoms with van der Waals surface area (Å²) in [6.07, 6.45) is 0.143. The lowest BCUT2D eigenvalue weighted by atomic mass is 10.1. The summed E-state index contributed by atoms with van der Waals surface area (Å²) in [5.74, 6) is 1.97. The number of aryl methyl sites for hydroxylation is 1. The van der Waals surface area contributed by atoms with E-state index in [0.29, 0.717) is 11.7 Å². The van der Waals surface area contributed by atoms with Crippen molar-refractivity contribution in [2.24, 2.45) is 0 Å². The molecule has 0 radical (unpaired) electrons. The predicted molar refractivity (Wildman–Crippen MR) is 103 cm³/mol. The maximum atomic E-state index is 5.79. The van der Waals surface area contributed by atoms with Gasteiger partial charge in [0.2, 0.25) is 5.82 Å². The average Bonchev–Trinajstić information content (AvgIpc) is 3.13. The first-order chi connectivity index (χ1) is 12.6. The van der Waals surface area contributed by atoms with Gasteiger partial charge < -0.3 is 9.26 Å². The van der Waals surface area contributed by atoms with Gasteiger partial charge in [0.05, 0.1) is 6.10 Å². The van der Waals surface area contributed by atoms with Gasteiger partial charge >= 0.3 is 0 Å². The Hall–Kier alpha value is -3.14. The molecule has 0 unspecified atom stereocenters. The topological polar surface area (TPSA) is 48.2 Å². The highest BCUT2D eigenvalue weighted by Crippen LogP contribution is 2.28. The Kier molecular flexibility index (Phi) is 4.17. The standard InChI is InChI=1S/C22H20N2O2/c1-14(2)25-20-11-10-18(12-15(20)3)21-23-22(26-24-21)19-9-8-16-6-4-5-7-17(16)13-19/h4-14H,1-3H3. The number of fused-ring (bicyclic) bond motifs is 1. The molecule has 0 aliphatic rings. The second-order valence-corrected chi connectivity index (χ2v) is 6.63. The Labute approximate surface area is 152 Å². The highest BCUT2D eigenvalue weighted by Gasteiger charge is 2.13. The van der Waals surface area contributed by atoms with Crippen LogP contribution < -0.4 is 4.74 Å². The molecular formula is C22H20N2O2. The fourth-order valence-corrected chi connectivity index (χ4v) is 2.95. The number of aromatic nitrogens is 2. The summed E-state index contributed by atoms with van der Waals surface area (Å²) in [5, 5.41) is 6.48. The van der Waals surface area contributed by atoms with E-state index in [4.69, 9.17) is 9.26 Å². The minimum atomic E-state index is 0.143. The van der Waals surface area contributed by atoms with Gasteiger partial charge in [-0.3, -0.25) is 0 Å². The van der Waals surface area contributed by atoms with Crippen molar-refractivity contribution in [2.45, 2.75) is 26.9 Å². The zero-order valence-electron chi connectivity index (χ0n) is 15.1. The van der Waals surface area contributed by atoms with Crippen LogP contribution in [0.25, 0.3) is 33.6 Å². The van der Waals surface area contributed by atoms with Crippen molar-refractivity contribution >= 4 is 10.8 Å². The SMILES string of the molecule is Cc1cc(-c2noc(-c3ccc4ccccc4c3)n2)ccc1OC(C)C. The van der Waals surface area contributed by atoms with Crippen molar-refractivity contribution in [2.75, 3.05) is 0 Å². The molecule has 1 heterocycles. The molecule has 130 valence electrons. The second-order valence-electron chi connectivity index (χ2n) is 6.63. The zero-order valence-corrected chi connectivity index (χ0v) is 15.1. The second kappa shape index (κ2) is 6.64. The van der Waals surface area contributed by atoms with Gasteiger partial charge in [-0.25, -0.2) is 0 Å². The number of benzene rings is 3. The Balaban J connectivity index is 1.66. The molecule has 0 atom stereocenters. The van der Waals surface area contributed by atoms with E-state index in [9.17, 15) is 0 Å². The molecule has 0 spiro atoms. The molecule has 0 N–H and O–H groups in total. The molecule has 0 aliphatic heterocycles. The van der Waals surface area contributed by atoms with Gasteiger partial charge in [0.15, 0.2) is 0 Å². The number of hydrogen-bond acceptors (Lipinski definition) is 4. The zero-order chi connectivity index (χ0) is 18.1. The van der Waals surface area contributed by atoms with E-state index in [1.165, 1.54) is 5.39 Å². The van der Waals surface area contributed by atoms with Crippen molar-refractivity contribution in [1.82, 2.24) is 10.1 Å². The van der Waals surface area contributed by atoms with Gasteiger partial charge in [-0.05, 0) is 67.4 Å². The predicted octanol–water partition coefficient (Wildman–Crippen LogP) is 5.65. The van der Waals surface area contributed by atoms with Crippen LogP contribution in [-0.4, -0.2) is 16.2 Å². The minimum Gasteiger partial charge on any atom is -0.491 e. The Bertz CT molecular complexity index is 1070. The normalized spacial score (nSPS) is 11.2. The molecule has 0 bridgehead atoms. The molecule has 0 saturated heterocycles.